The molecule has 0 spiro atoms. The average Bonchev–Trinajstić information content (AvgIpc) is 3.01. The summed E-state index contributed by atoms with van der Waals surface area (Å²) < 4.78 is 4.62. The van der Waals surface area contributed by atoms with E-state index in [0.29, 0.717) is 6.42 Å². The molecule has 0 aliphatic heterocycles. The minimum Gasteiger partial charge on any atom is -0.469 e. The Balaban J connectivity index is 1.79. The van der Waals surface area contributed by atoms with Gasteiger partial charge in [-0.1, -0.05) is 50.7 Å². The summed E-state index contributed by atoms with van der Waals surface area (Å²) >= 11 is 1.75. The zero-order valence-electron chi connectivity index (χ0n) is 13.2. The van der Waals surface area contributed by atoms with Crippen LogP contribution in [0.5, 0.6) is 0 Å². The molecule has 0 fully saturated rings. The molecule has 1 rings (SSSR count). The molecule has 0 saturated heterocycles. The molecule has 1 aromatic rings. The van der Waals surface area contributed by atoms with Crippen LogP contribution in [0.2, 0.25) is 0 Å². The fourth-order valence-electron chi connectivity index (χ4n) is 2.28. The van der Waals surface area contributed by atoms with Crippen molar-refractivity contribution >= 4 is 23.4 Å². The number of methoxy groups -OCH3 is 1. The van der Waals surface area contributed by atoms with E-state index >= 15 is 0 Å². The highest BCUT2D eigenvalue weighted by Crippen LogP contribution is 2.12. The number of unbranched alkanes of at least 4 members (excludes halogenated alkanes) is 8. The Hall–Kier alpha value is -1.09. The third-order valence-electron chi connectivity index (χ3n) is 3.58. The predicted molar refractivity (Wildman–Crippen MR) is 91.5 cm³/mol. The highest BCUT2D eigenvalue weighted by molar-refractivity contribution is 7.08. The van der Waals surface area contributed by atoms with E-state index in [1.54, 1.807) is 11.3 Å². The highest BCUT2D eigenvalue weighted by Gasteiger charge is 1.98. The van der Waals surface area contributed by atoms with E-state index in [1.165, 1.54) is 57.6 Å². The fraction of sp³-hybridized carbons (Fsp3) is 0.611. The first-order valence-corrected chi connectivity index (χ1v) is 9.03. The first kappa shape index (κ1) is 18.0. The maximum atomic E-state index is 10.9. The van der Waals surface area contributed by atoms with Gasteiger partial charge < -0.3 is 4.74 Å². The Morgan fingerprint density at radius 2 is 1.76 bits per heavy atom. The van der Waals surface area contributed by atoms with Crippen LogP contribution in [0.4, 0.5) is 0 Å². The topological polar surface area (TPSA) is 26.3 Å². The molecule has 21 heavy (non-hydrogen) atoms. The van der Waals surface area contributed by atoms with Crippen LogP contribution in [-0.4, -0.2) is 13.1 Å². The summed E-state index contributed by atoms with van der Waals surface area (Å²) in [7, 11) is 1.46. The molecule has 3 heteroatoms. The smallest absolute Gasteiger partial charge is 0.305 e. The van der Waals surface area contributed by atoms with Crippen LogP contribution < -0.4 is 0 Å². The number of rotatable bonds is 12. The maximum absolute atomic E-state index is 10.9. The van der Waals surface area contributed by atoms with E-state index in [-0.39, 0.29) is 5.97 Å². The van der Waals surface area contributed by atoms with Crippen LogP contribution in [0, 0.1) is 0 Å². The second-order valence-corrected chi connectivity index (χ2v) is 6.18. The van der Waals surface area contributed by atoms with E-state index in [4.69, 9.17) is 0 Å². The van der Waals surface area contributed by atoms with Gasteiger partial charge in [0.2, 0.25) is 0 Å². The summed E-state index contributed by atoms with van der Waals surface area (Å²) in [6.45, 7) is 0. The van der Waals surface area contributed by atoms with Crippen LogP contribution in [-0.2, 0) is 9.53 Å². The molecule has 0 atom stereocenters. The van der Waals surface area contributed by atoms with Gasteiger partial charge in [0.15, 0.2) is 0 Å². The van der Waals surface area contributed by atoms with Gasteiger partial charge in [0.05, 0.1) is 7.11 Å². The van der Waals surface area contributed by atoms with Crippen LogP contribution in [0.15, 0.2) is 22.9 Å². The third kappa shape index (κ3) is 10.3. The minimum absolute atomic E-state index is 0.0782. The molecule has 0 radical (unpaired) electrons. The molecular weight excluding hydrogens is 280 g/mol. The highest BCUT2D eigenvalue weighted by atomic mass is 32.1. The maximum Gasteiger partial charge on any atom is 0.305 e. The number of hydrogen-bond donors (Lipinski definition) is 0. The van der Waals surface area contributed by atoms with Gasteiger partial charge in [-0.15, -0.1) is 0 Å². The quantitative estimate of drug-likeness (QED) is 0.358. The Labute approximate surface area is 133 Å². The molecule has 118 valence electrons. The second kappa shape index (κ2) is 12.6. The van der Waals surface area contributed by atoms with Gasteiger partial charge in [-0.3, -0.25) is 4.79 Å². The third-order valence-corrected chi connectivity index (χ3v) is 4.28. The van der Waals surface area contributed by atoms with E-state index in [9.17, 15) is 4.79 Å². The van der Waals surface area contributed by atoms with Crippen molar-refractivity contribution in [2.45, 2.75) is 64.2 Å². The molecule has 0 N–H and O–H groups in total. The van der Waals surface area contributed by atoms with Crippen molar-refractivity contribution in [2.75, 3.05) is 7.11 Å². The zero-order valence-corrected chi connectivity index (χ0v) is 14.0. The number of hydrogen-bond acceptors (Lipinski definition) is 3. The molecule has 1 aromatic heterocycles. The number of carbonyl (C=O) groups is 1. The van der Waals surface area contributed by atoms with E-state index < -0.39 is 0 Å². The summed E-state index contributed by atoms with van der Waals surface area (Å²) in [5.74, 6) is -0.0782. The summed E-state index contributed by atoms with van der Waals surface area (Å²) in [6, 6.07) is 2.15. The van der Waals surface area contributed by atoms with Crippen molar-refractivity contribution in [3.05, 3.63) is 28.5 Å². The molecule has 1 heterocycles. The Bertz CT molecular complexity index is 382. The van der Waals surface area contributed by atoms with E-state index in [2.05, 4.69) is 33.7 Å². The monoisotopic (exact) mass is 308 g/mol. The van der Waals surface area contributed by atoms with Gasteiger partial charge in [0.25, 0.3) is 0 Å². The molecule has 0 aliphatic carbocycles. The molecule has 0 bridgehead atoms. The van der Waals surface area contributed by atoms with Crippen molar-refractivity contribution in [3.63, 3.8) is 0 Å². The van der Waals surface area contributed by atoms with Crippen molar-refractivity contribution in [2.24, 2.45) is 0 Å². The minimum atomic E-state index is -0.0782. The van der Waals surface area contributed by atoms with Gasteiger partial charge in [0, 0.05) is 6.42 Å². The lowest BCUT2D eigenvalue weighted by molar-refractivity contribution is -0.140. The van der Waals surface area contributed by atoms with Crippen molar-refractivity contribution in [1.29, 1.82) is 0 Å². The Morgan fingerprint density at radius 1 is 1.10 bits per heavy atom. The lowest BCUT2D eigenvalue weighted by Gasteiger charge is -2.01. The van der Waals surface area contributed by atoms with E-state index in [0.717, 1.165) is 12.8 Å². The first-order chi connectivity index (χ1) is 10.3. The number of thiophene rings is 1. The standard InChI is InChI=1S/C18H28O2S/c1-20-18(19)13-11-9-7-5-3-2-4-6-8-10-12-17-14-15-21-16-17/h10,12,14-16H,2-9,11,13H2,1H3/b12-10+. The fourth-order valence-corrected chi connectivity index (χ4v) is 2.91. The van der Waals surface area contributed by atoms with Crippen molar-refractivity contribution in [1.82, 2.24) is 0 Å². The molecule has 2 nitrogen and oxygen atoms in total. The average molecular weight is 308 g/mol. The summed E-state index contributed by atoms with van der Waals surface area (Å²) in [4.78, 5) is 10.9. The number of esters is 1. The Kier molecular flexibility index (Phi) is 10.8. The van der Waals surface area contributed by atoms with Gasteiger partial charge >= 0.3 is 5.97 Å². The zero-order chi connectivity index (χ0) is 15.2. The summed E-state index contributed by atoms with van der Waals surface area (Å²) in [5, 5.41) is 4.29. The van der Waals surface area contributed by atoms with Crippen molar-refractivity contribution in [3.8, 4) is 0 Å². The van der Waals surface area contributed by atoms with Gasteiger partial charge in [-0.25, -0.2) is 0 Å². The summed E-state index contributed by atoms with van der Waals surface area (Å²) in [5.41, 5.74) is 1.33. The molecule has 0 aromatic carbocycles. The molecular formula is C18H28O2S. The molecule has 0 saturated carbocycles. The first-order valence-electron chi connectivity index (χ1n) is 8.08. The SMILES string of the molecule is COC(=O)CCCCCCCCCC/C=C/c1ccsc1. The van der Waals surface area contributed by atoms with E-state index in [1.807, 2.05) is 0 Å². The van der Waals surface area contributed by atoms with Crippen LogP contribution in [0.1, 0.15) is 69.8 Å². The van der Waals surface area contributed by atoms with Crippen LogP contribution in [0.3, 0.4) is 0 Å². The Morgan fingerprint density at radius 3 is 2.38 bits per heavy atom. The van der Waals surface area contributed by atoms with Crippen LogP contribution >= 0.6 is 11.3 Å². The second-order valence-electron chi connectivity index (χ2n) is 5.40. The number of carbonyl (C=O) groups excluding carboxylic acids is 1. The normalized spacial score (nSPS) is 11.1. The van der Waals surface area contributed by atoms with Crippen molar-refractivity contribution < 1.29 is 9.53 Å². The molecule has 0 unspecified atom stereocenters. The lowest BCUT2D eigenvalue weighted by atomic mass is 10.1. The van der Waals surface area contributed by atoms with Gasteiger partial charge in [0.1, 0.15) is 0 Å². The molecule has 0 aliphatic rings. The lowest BCUT2D eigenvalue weighted by Crippen LogP contribution is -1.99. The predicted octanol–water partition coefficient (Wildman–Crippen LogP) is 5.84. The molecule has 0 amide bonds. The van der Waals surface area contributed by atoms with Gasteiger partial charge in [-0.2, -0.15) is 11.3 Å². The largest absolute Gasteiger partial charge is 0.469 e. The van der Waals surface area contributed by atoms with Gasteiger partial charge in [-0.05, 0) is 41.7 Å². The number of allylic oxidation sites excluding steroid dienone is 1. The number of ether oxygens (including phenoxy) is 1. The van der Waals surface area contributed by atoms with Crippen LogP contribution in [0.25, 0.3) is 6.08 Å². The summed E-state index contributed by atoms with van der Waals surface area (Å²) in [6.07, 6.45) is 16.2.